The largest absolute Gasteiger partial charge is 0.388 e. The first-order valence-electron chi connectivity index (χ1n) is 4.85. The lowest BCUT2D eigenvalue weighted by molar-refractivity contribution is 0.178. The molecular weight excluding hydrogens is 244 g/mol. The van der Waals surface area contributed by atoms with Crippen molar-refractivity contribution in [2.45, 2.75) is 19.4 Å². The van der Waals surface area contributed by atoms with Crippen molar-refractivity contribution in [3.05, 3.63) is 45.1 Å². The van der Waals surface area contributed by atoms with E-state index in [0.717, 1.165) is 16.3 Å². The zero-order valence-electron chi connectivity index (χ0n) is 8.72. The van der Waals surface area contributed by atoms with Crippen LogP contribution in [0.25, 0.3) is 0 Å². The second-order valence-corrected chi connectivity index (χ2v) is 4.84. The maximum absolute atomic E-state index is 9.99. The van der Waals surface area contributed by atoms with Crippen LogP contribution in [0.15, 0.2) is 23.7 Å². The molecule has 2 aromatic rings. The summed E-state index contributed by atoms with van der Waals surface area (Å²) in [6, 6.07) is 3.43. The molecule has 1 N–H and O–H groups in total. The molecule has 2 heterocycles. The lowest BCUT2D eigenvalue weighted by Crippen LogP contribution is -2.01. The number of pyridine rings is 1. The van der Waals surface area contributed by atoms with Gasteiger partial charge in [0.05, 0.1) is 11.1 Å². The average Bonchev–Trinajstić information content (AvgIpc) is 2.64. The molecule has 1 unspecified atom stereocenters. The Labute approximate surface area is 103 Å². The van der Waals surface area contributed by atoms with Crippen molar-refractivity contribution in [3.63, 3.8) is 0 Å². The molecule has 0 aliphatic heterocycles. The summed E-state index contributed by atoms with van der Waals surface area (Å²) in [6.07, 6.45) is 1.53. The summed E-state index contributed by atoms with van der Waals surface area (Å²) in [4.78, 5) is 8.18. The molecule has 0 aromatic carbocycles. The maximum atomic E-state index is 9.99. The van der Waals surface area contributed by atoms with E-state index in [0.29, 0.717) is 11.6 Å². The predicted octanol–water partition coefficient (Wildman–Crippen LogP) is 2.78. The second kappa shape index (κ2) is 4.91. The fraction of sp³-hybridized carbons (Fsp3) is 0.273. The number of aryl methyl sites for hydroxylation is 1. The van der Waals surface area contributed by atoms with E-state index in [1.807, 2.05) is 12.3 Å². The molecule has 0 saturated carbocycles. The van der Waals surface area contributed by atoms with Crippen molar-refractivity contribution >= 4 is 22.9 Å². The number of hydrogen-bond acceptors (Lipinski definition) is 4. The van der Waals surface area contributed by atoms with E-state index in [4.69, 9.17) is 11.6 Å². The van der Waals surface area contributed by atoms with E-state index in [-0.39, 0.29) is 0 Å². The topological polar surface area (TPSA) is 46.0 Å². The predicted molar refractivity (Wildman–Crippen MR) is 64.8 cm³/mol. The van der Waals surface area contributed by atoms with Crippen LogP contribution in [0.4, 0.5) is 0 Å². The fourth-order valence-electron chi connectivity index (χ4n) is 1.40. The van der Waals surface area contributed by atoms with E-state index >= 15 is 0 Å². The van der Waals surface area contributed by atoms with Crippen LogP contribution in [-0.4, -0.2) is 15.1 Å². The number of aliphatic hydroxyl groups excluding tert-OH is 1. The van der Waals surface area contributed by atoms with Crippen LogP contribution in [-0.2, 0) is 6.42 Å². The minimum absolute atomic E-state index is 0.395. The fourth-order valence-corrected chi connectivity index (χ4v) is 2.40. The van der Waals surface area contributed by atoms with Crippen LogP contribution in [0, 0.1) is 6.92 Å². The third kappa shape index (κ3) is 2.78. The van der Waals surface area contributed by atoms with E-state index in [1.54, 1.807) is 29.7 Å². The molecule has 0 spiro atoms. The first-order valence-corrected chi connectivity index (χ1v) is 6.11. The van der Waals surface area contributed by atoms with Gasteiger partial charge in [0.1, 0.15) is 5.15 Å². The molecule has 0 saturated heterocycles. The Kier molecular flexibility index (Phi) is 3.53. The van der Waals surface area contributed by atoms with Crippen LogP contribution >= 0.6 is 22.9 Å². The molecule has 0 aliphatic carbocycles. The Hall–Kier alpha value is -0.970. The zero-order valence-corrected chi connectivity index (χ0v) is 10.3. The van der Waals surface area contributed by atoms with Crippen molar-refractivity contribution < 1.29 is 5.11 Å². The van der Waals surface area contributed by atoms with E-state index in [2.05, 4.69) is 9.97 Å². The first kappa shape index (κ1) is 11.5. The highest BCUT2D eigenvalue weighted by Crippen LogP contribution is 2.21. The SMILES string of the molecule is Cc1csc(CC(O)c2ccnc(Cl)c2)n1. The van der Waals surface area contributed by atoms with Gasteiger partial charge in [0.2, 0.25) is 0 Å². The summed E-state index contributed by atoms with van der Waals surface area (Å²) >= 11 is 7.32. The summed E-state index contributed by atoms with van der Waals surface area (Å²) in [5.41, 5.74) is 1.76. The lowest BCUT2D eigenvalue weighted by atomic mass is 10.1. The smallest absolute Gasteiger partial charge is 0.129 e. The number of aliphatic hydroxyl groups is 1. The monoisotopic (exact) mass is 254 g/mol. The van der Waals surface area contributed by atoms with Crippen LogP contribution in [0.1, 0.15) is 22.4 Å². The highest BCUT2D eigenvalue weighted by molar-refractivity contribution is 7.09. The van der Waals surface area contributed by atoms with Gasteiger partial charge in [-0.15, -0.1) is 11.3 Å². The molecule has 16 heavy (non-hydrogen) atoms. The Balaban J connectivity index is 2.11. The van der Waals surface area contributed by atoms with Crippen LogP contribution in [0.3, 0.4) is 0 Å². The summed E-state index contributed by atoms with van der Waals surface area (Å²) < 4.78 is 0. The quantitative estimate of drug-likeness (QED) is 0.857. The number of halogens is 1. The molecule has 5 heteroatoms. The molecule has 0 bridgehead atoms. The molecular formula is C11H11ClN2OS. The maximum Gasteiger partial charge on any atom is 0.129 e. The minimum atomic E-state index is -0.578. The van der Waals surface area contributed by atoms with Gasteiger partial charge in [-0.05, 0) is 24.6 Å². The average molecular weight is 255 g/mol. The highest BCUT2D eigenvalue weighted by atomic mass is 35.5. The summed E-state index contributed by atoms with van der Waals surface area (Å²) in [6.45, 7) is 1.94. The van der Waals surface area contributed by atoms with Crippen molar-refractivity contribution in [2.24, 2.45) is 0 Å². The third-order valence-electron chi connectivity index (χ3n) is 2.17. The third-order valence-corrected chi connectivity index (χ3v) is 3.37. The molecule has 3 nitrogen and oxygen atoms in total. The zero-order chi connectivity index (χ0) is 11.5. The van der Waals surface area contributed by atoms with Gasteiger partial charge in [0.25, 0.3) is 0 Å². The van der Waals surface area contributed by atoms with Gasteiger partial charge in [-0.1, -0.05) is 11.6 Å². The molecule has 0 fully saturated rings. The van der Waals surface area contributed by atoms with Gasteiger partial charge in [0.15, 0.2) is 0 Å². The minimum Gasteiger partial charge on any atom is -0.388 e. The lowest BCUT2D eigenvalue weighted by Gasteiger charge is -2.08. The Morgan fingerprint density at radius 3 is 3.00 bits per heavy atom. The highest BCUT2D eigenvalue weighted by Gasteiger charge is 2.11. The Morgan fingerprint density at radius 1 is 1.56 bits per heavy atom. The summed E-state index contributed by atoms with van der Waals surface area (Å²) in [5, 5.41) is 13.3. The number of nitrogens with zero attached hydrogens (tertiary/aromatic N) is 2. The van der Waals surface area contributed by atoms with Crippen molar-refractivity contribution in [2.75, 3.05) is 0 Å². The number of rotatable bonds is 3. The summed E-state index contributed by atoms with van der Waals surface area (Å²) in [5.74, 6) is 0. The van der Waals surface area contributed by atoms with Gasteiger partial charge >= 0.3 is 0 Å². The molecule has 0 radical (unpaired) electrons. The molecule has 1 atom stereocenters. The van der Waals surface area contributed by atoms with Gasteiger partial charge in [0, 0.05) is 23.7 Å². The van der Waals surface area contributed by atoms with Crippen LogP contribution < -0.4 is 0 Å². The van der Waals surface area contributed by atoms with E-state index in [9.17, 15) is 5.11 Å². The molecule has 0 aliphatic rings. The number of thiazole rings is 1. The Morgan fingerprint density at radius 2 is 2.38 bits per heavy atom. The van der Waals surface area contributed by atoms with E-state index < -0.39 is 6.10 Å². The summed E-state index contributed by atoms with van der Waals surface area (Å²) in [7, 11) is 0. The molecule has 2 rings (SSSR count). The van der Waals surface area contributed by atoms with Gasteiger partial charge in [-0.3, -0.25) is 0 Å². The van der Waals surface area contributed by atoms with Gasteiger partial charge in [-0.25, -0.2) is 9.97 Å². The number of hydrogen-bond donors (Lipinski definition) is 1. The van der Waals surface area contributed by atoms with Crippen LogP contribution in [0.2, 0.25) is 5.15 Å². The van der Waals surface area contributed by atoms with Crippen molar-refractivity contribution in [3.8, 4) is 0 Å². The molecule has 84 valence electrons. The second-order valence-electron chi connectivity index (χ2n) is 3.51. The number of aromatic nitrogens is 2. The molecule has 0 amide bonds. The Bertz CT molecular complexity index is 486. The van der Waals surface area contributed by atoms with Crippen molar-refractivity contribution in [1.82, 2.24) is 9.97 Å². The first-order chi connectivity index (χ1) is 7.65. The van der Waals surface area contributed by atoms with Crippen molar-refractivity contribution in [1.29, 1.82) is 0 Å². The van der Waals surface area contributed by atoms with Crippen LogP contribution in [0.5, 0.6) is 0 Å². The van der Waals surface area contributed by atoms with Gasteiger partial charge in [-0.2, -0.15) is 0 Å². The molecule has 2 aromatic heterocycles. The van der Waals surface area contributed by atoms with Gasteiger partial charge < -0.3 is 5.11 Å². The normalized spacial score (nSPS) is 12.7. The van der Waals surface area contributed by atoms with E-state index in [1.165, 1.54) is 0 Å². The standard InChI is InChI=1S/C11H11ClN2OS/c1-7-6-16-11(14-7)5-9(15)8-2-3-13-10(12)4-8/h2-4,6,9,15H,5H2,1H3.